The molecule has 1 aromatic heterocycles. The second-order valence-corrected chi connectivity index (χ2v) is 4.71. The molecule has 4 nitrogen and oxygen atoms in total. The summed E-state index contributed by atoms with van der Waals surface area (Å²) in [5, 5.41) is 1.08. The minimum Gasteiger partial charge on any atom is -0.497 e. The summed E-state index contributed by atoms with van der Waals surface area (Å²) < 4.78 is 15.8. The summed E-state index contributed by atoms with van der Waals surface area (Å²) in [6.07, 6.45) is 0. The molecule has 3 aromatic rings. The maximum Gasteiger partial charge on any atom is 0.162 e. The predicted molar refractivity (Wildman–Crippen MR) is 83.4 cm³/mol. The average molecular weight is 283 g/mol. The fraction of sp³-hybridized carbons (Fsp3) is 0.176. The molecule has 0 fully saturated rings. The fourth-order valence-corrected chi connectivity index (χ4v) is 2.39. The molecule has 1 N–H and O–H groups in total. The summed E-state index contributed by atoms with van der Waals surface area (Å²) in [5.41, 5.74) is 3.16. The molecule has 108 valence electrons. The van der Waals surface area contributed by atoms with Gasteiger partial charge < -0.3 is 19.2 Å². The number of aromatic amines is 1. The van der Waals surface area contributed by atoms with Gasteiger partial charge >= 0.3 is 0 Å². The van der Waals surface area contributed by atoms with Gasteiger partial charge in [-0.2, -0.15) is 0 Å². The molecule has 3 rings (SSSR count). The highest BCUT2D eigenvalue weighted by molar-refractivity contribution is 5.88. The van der Waals surface area contributed by atoms with E-state index in [9.17, 15) is 0 Å². The van der Waals surface area contributed by atoms with Crippen molar-refractivity contribution in [3.8, 4) is 28.5 Å². The first kappa shape index (κ1) is 13.4. The van der Waals surface area contributed by atoms with E-state index in [2.05, 4.69) is 11.1 Å². The van der Waals surface area contributed by atoms with Crippen LogP contribution in [0.15, 0.2) is 42.5 Å². The van der Waals surface area contributed by atoms with Crippen LogP contribution in [0, 0.1) is 0 Å². The molecule has 0 atom stereocenters. The van der Waals surface area contributed by atoms with Crippen molar-refractivity contribution >= 4 is 10.9 Å². The molecule has 4 heteroatoms. The average Bonchev–Trinajstić information content (AvgIpc) is 2.96. The Hall–Kier alpha value is -2.62. The Balaban J connectivity index is 2.07. The van der Waals surface area contributed by atoms with Gasteiger partial charge in [-0.1, -0.05) is 0 Å². The highest BCUT2D eigenvalue weighted by Crippen LogP contribution is 2.34. The van der Waals surface area contributed by atoms with Gasteiger partial charge in [0.25, 0.3) is 0 Å². The number of aromatic nitrogens is 1. The fourth-order valence-electron chi connectivity index (χ4n) is 2.39. The number of rotatable bonds is 4. The Morgan fingerprint density at radius 2 is 1.43 bits per heavy atom. The Kier molecular flexibility index (Phi) is 3.44. The van der Waals surface area contributed by atoms with Crippen molar-refractivity contribution in [2.75, 3.05) is 21.3 Å². The van der Waals surface area contributed by atoms with E-state index in [1.165, 1.54) is 0 Å². The van der Waals surface area contributed by atoms with Gasteiger partial charge in [-0.25, -0.2) is 0 Å². The molecule has 0 spiro atoms. The Labute approximate surface area is 123 Å². The molecule has 0 radical (unpaired) electrons. The first-order valence-electron chi connectivity index (χ1n) is 6.64. The first-order valence-corrected chi connectivity index (χ1v) is 6.64. The van der Waals surface area contributed by atoms with Gasteiger partial charge in [0.15, 0.2) is 11.5 Å². The van der Waals surface area contributed by atoms with Crippen molar-refractivity contribution in [3.05, 3.63) is 42.5 Å². The van der Waals surface area contributed by atoms with E-state index in [0.29, 0.717) is 5.75 Å². The summed E-state index contributed by atoms with van der Waals surface area (Å²) in [4.78, 5) is 3.40. The highest BCUT2D eigenvalue weighted by Gasteiger charge is 2.09. The van der Waals surface area contributed by atoms with Crippen molar-refractivity contribution in [1.82, 2.24) is 4.98 Å². The molecule has 0 aliphatic carbocycles. The Morgan fingerprint density at radius 3 is 2.05 bits per heavy atom. The van der Waals surface area contributed by atoms with Gasteiger partial charge in [0.05, 0.1) is 21.3 Å². The number of benzene rings is 2. The number of hydrogen-bond acceptors (Lipinski definition) is 3. The third kappa shape index (κ3) is 2.40. The van der Waals surface area contributed by atoms with Gasteiger partial charge in [-0.3, -0.25) is 0 Å². The number of fused-ring (bicyclic) bond motifs is 1. The van der Waals surface area contributed by atoms with Gasteiger partial charge in [0, 0.05) is 22.7 Å². The van der Waals surface area contributed by atoms with Crippen LogP contribution in [-0.2, 0) is 0 Å². The van der Waals surface area contributed by atoms with Crippen LogP contribution < -0.4 is 14.2 Å². The third-order valence-electron chi connectivity index (χ3n) is 3.53. The highest BCUT2D eigenvalue weighted by atomic mass is 16.5. The van der Waals surface area contributed by atoms with Crippen molar-refractivity contribution in [3.63, 3.8) is 0 Å². The molecule has 0 aliphatic heterocycles. The van der Waals surface area contributed by atoms with E-state index >= 15 is 0 Å². The summed E-state index contributed by atoms with van der Waals surface area (Å²) in [7, 11) is 4.94. The van der Waals surface area contributed by atoms with Crippen molar-refractivity contribution in [1.29, 1.82) is 0 Å². The molecule has 2 aromatic carbocycles. The molecule has 0 bridgehead atoms. The van der Waals surface area contributed by atoms with Crippen LogP contribution >= 0.6 is 0 Å². The molecular weight excluding hydrogens is 266 g/mol. The van der Waals surface area contributed by atoms with Crippen molar-refractivity contribution in [2.24, 2.45) is 0 Å². The second-order valence-electron chi connectivity index (χ2n) is 4.71. The minimum absolute atomic E-state index is 0.716. The van der Waals surface area contributed by atoms with Crippen LogP contribution in [0.1, 0.15) is 0 Å². The van der Waals surface area contributed by atoms with E-state index in [-0.39, 0.29) is 0 Å². The lowest BCUT2D eigenvalue weighted by atomic mass is 10.1. The van der Waals surface area contributed by atoms with E-state index < -0.39 is 0 Å². The predicted octanol–water partition coefficient (Wildman–Crippen LogP) is 3.86. The normalized spacial score (nSPS) is 10.6. The van der Waals surface area contributed by atoms with E-state index in [1.54, 1.807) is 21.3 Å². The lowest BCUT2D eigenvalue weighted by Gasteiger charge is -2.06. The minimum atomic E-state index is 0.716. The third-order valence-corrected chi connectivity index (χ3v) is 3.53. The summed E-state index contributed by atoms with van der Waals surface area (Å²) >= 11 is 0. The second kappa shape index (κ2) is 5.40. The van der Waals surface area contributed by atoms with Crippen molar-refractivity contribution in [2.45, 2.75) is 0 Å². The smallest absolute Gasteiger partial charge is 0.162 e. The van der Waals surface area contributed by atoms with E-state index in [4.69, 9.17) is 14.2 Å². The van der Waals surface area contributed by atoms with Crippen LogP contribution in [0.2, 0.25) is 0 Å². The zero-order valence-corrected chi connectivity index (χ0v) is 12.3. The zero-order valence-electron chi connectivity index (χ0n) is 12.3. The maximum atomic E-state index is 5.33. The lowest BCUT2D eigenvalue weighted by Crippen LogP contribution is -1.89. The molecule has 0 saturated carbocycles. The van der Waals surface area contributed by atoms with Crippen molar-refractivity contribution < 1.29 is 14.2 Å². The number of nitrogens with one attached hydrogen (secondary N) is 1. The summed E-state index contributed by atoms with van der Waals surface area (Å²) in [5.74, 6) is 2.29. The largest absolute Gasteiger partial charge is 0.497 e. The van der Waals surface area contributed by atoms with Gasteiger partial charge in [0.1, 0.15) is 5.75 Å². The van der Waals surface area contributed by atoms with E-state index in [1.807, 2.05) is 36.4 Å². The topological polar surface area (TPSA) is 43.5 Å². The number of methoxy groups -OCH3 is 3. The van der Waals surface area contributed by atoms with Crippen LogP contribution in [0.3, 0.4) is 0 Å². The molecule has 0 unspecified atom stereocenters. The molecule has 0 aliphatic rings. The quantitative estimate of drug-likeness (QED) is 0.790. The SMILES string of the molecule is COc1ccc(-c2cc3cc(OC)c(OC)cc3[nH]2)cc1. The summed E-state index contributed by atoms with van der Waals surface area (Å²) in [6, 6.07) is 14.0. The zero-order chi connectivity index (χ0) is 14.8. The Morgan fingerprint density at radius 1 is 0.762 bits per heavy atom. The maximum absolute atomic E-state index is 5.33. The molecule has 21 heavy (non-hydrogen) atoms. The van der Waals surface area contributed by atoms with Crippen LogP contribution in [-0.4, -0.2) is 26.3 Å². The number of ether oxygens (including phenoxy) is 3. The van der Waals surface area contributed by atoms with Crippen LogP contribution in [0.4, 0.5) is 0 Å². The molecular formula is C17H17NO3. The lowest BCUT2D eigenvalue weighted by molar-refractivity contribution is 0.356. The van der Waals surface area contributed by atoms with Crippen LogP contribution in [0.5, 0.6) is 17.2 Å². The molecule has 0 amide bonds. The van der Waals surface area contributed by atoms with Gasteiger partial charge in [-0.05, 0) is 42.0 Å². The number of H-pyrrole nitrogens is 1. The number of hydrogen-bond donors (Lipinski definition) is 1. The monoisotopic (exact) mass is 283 g/mol. The van der Waals surface area contributed by atoms with Crippen LogP contribution in [0.25, 0.3) is 22.2 Å². The standard InChI is InChI=1S/C17H17NO3/c1-19-13-6-4-11(5-7-13)14-8-12-9-16(20-2)17(21-3)10-15(12)18-14/h4-10,18H,1-3H3. The molecule has 0 saturated heterocycles. The van der Waals surface area contributed by atoms with Gasteiger partial charge in [0.2, 0.25) is 0 Å². The first-order chi connectivity index (χ1) is 10.2. The Bertz CT molecular complexity index is 719. The van der Waals surface area contributed by atoms with Gasteiger partial charge in [-0.15, -0.1) is 0 Å². The van der Waals surface area contributed by atoms with E-state index in [0.717, 1.165) is 33.7 Å². The molecule has 1 heterocycles. The summed E-state index contributed by atoms with van der Waals surface area (Å²) in [6.45, 7) is 0.